The van der Waals surface area contributed by atoms with E-state index in [9.17, 15) is 9.18 Å². The van der Waals surface area contributed by atoms with Crippen molar-refractivity contribution in [1.29, 1.82) is 5.41 Å². The zero-order valence-electron chi connectivity index (χ0n) is 19.8. The molecular formula is C24H36FN7O. The van der Waals surface area contributed by atoms with E-state index in [2.05, 4.69) is 35.2 Å². The molecule has 5 N–H and O–H groups in total. The monoisotopic (exact) mass is 457 g/mol. The van der Waals surface area contributed by atoms with Crippen molar-refractivity contribution in [2.24, 2.45) is 16.6 Å². The highest BCUT2D eigenvalue weighted by molar-refractivity contribution is 6.38. The number of nitrogens with one attached hydrogen (secondary N) is 3. The first-order valence-corrected chi connectivity index (χ1v) is 11.6. The summed E-state index contributed by atoms with van der Waals surface area (Å²) in [6.07, 6.45) is 4.43. The molecule has 0 saturated carbocycles. The van der Waals surface area contributed by atoms with Crippen LogP contribution in [-0.4, -0.2) is 77.9 Å². The summed E-state index contributed by atoms with van der Waals surface area (Å²) in [4.78, 5) is 23.7. The van der Waals surface area contributed by atoms with Gasteiger partial charge in [-0.1, -0.05) is 32.0 Å². The fraction of sp³-hybridized carbons (Fsp3) is 0.542. The van der Waals surface area contributed by atoms with Crippen molar-refractivity contribution in [2.75, 3.05) is 33.4 Å². The van der Waals surface area contributed by atoms with Crippen LogP contribution < -0.4 is 11.1 Å². The van der Waals surface area contributed by atoms with E-state index in [-0.39, 0.29) is 23.9 Å². The number of amides is 1. The number of para-hydroxylation sites is 1. The van der Waals surface area contributed by atoms with E-state index in [1.54, 1.807) is 4.90 Å². The Hall–Kier alpha value is -2.94. The second-order valence-electron chi connectivity index (χ2n) is 9.26. The first-order valence-electron chi connectivity index (χ1n) is 11.6. The molecule has 1 aromatic heterocycles. The van der Waals surface area contributed by atoms with E-state index in [4.69, 9.17) is 11.1 Å². The van der Waals surface area contributed by atoms with Gasteiger partial charge in [0.05, 0.1) is 6.04 Å². The Bertz CT molecular complexity index is 986. The van der Waals surface area contributed by atoms with Crippen molar-refractivity contribution >= 4 is 28.6 Å². The lowest BCUT2D eigenvalue weighted by molar-refractivity contribution is -0.115. The molecule has 1 amide bonds. The molecule has 9 heteroatoms. The number of carbonyl (C=O) groups excluding carboxylic acids is 1. The minimum atomic E-state index is -0.495. The number of halogens is 1. The Morgan fingerprint density at radius 2 is 2.09 bits per heavy atom. The maximum atomic E-state index is 13.2. The van der Waals surface area contributed by atoms with E-state index in [0.29, 0.717) is 32.0 Å². The number of carbonyl (C=O) groups is 1. The third-order valence-electron chi connectivity index (χ3n) is 6.28. The van der Waals surface area contributed by atoms with E-state index in [1.807, 2.05) is 36.3 Å². The van der Waals surface area contributed by atoms with Gasteiger partial charge in [-0.05, 0) is 43.9 Å². The number of benzene rings is 1. The van der Waals surface area contributed by atoms with E-state index in [0.717, 1.165) is 29.3 Å². The summed E-state index contributed by atoms with van der Waals surface area (Å²) in [5.41, 5.74) is 8.17. The molecule has 1 aliphatic rings. The van der Waals surface area contributed by atoms with Crippen LogP contribution in [0.5, 0.6) is 0 Å². The smallest absolute Gasteiger partial charge is 0.286 e. The number of aromatic amines is 1. The molecule has 1 saturated heterocycles. The first-order chi connectivity index (χ1) is 15.8. The van der Waals surface area contributed by atoms with Crippen LogP contribution in [0.4, 0.5) is 4.39 Å². The zero-order chi connectivity index (χ0) is 24.0. The summed E-state index contributed by atoms with van der Waals surface area (Å²) in [5, 5.41) is 12.4. The summed E-state index contributed by atoms with van der Waals surface area (Å²) in [6.45, 7) is 5.33. The zero-order valence-corrected chi connectivity index (χ0v) is 19.8. The van der Waals surface area contributed by atoms with E-state index in [1.165, 1.54) is 0 Å². The van der Waals surface area contributed by atoms with Crippen molar-refractivity contribution in [2.45, 2.75) is 45.2 Å². The van der Waals surface area contributed by atoms with Crippen LogP contribution >= 0.6 is 0 Å². The second-order valence-corrected chi connectivity index (χ2v) is 9.26. The van der Waals surface area contributed by atoms with E-state index >= 15 is 0 Å². The summed E-state index contributed by atoms with van der Waals surface area (Å²) >= 11 is 0. The Morgan fingerprint density at radius 1 is 1.33 bits per heavy atom. The average molecular weight is 458 g/mol. The maximum absolute atomic E-state index is 13.2. The topological polar surface area (TPSA) is 114 Å². The van der Waals surface area contributed by atoms with Crippen LogP contribution in [0.2, 0.25) is 0 Å². The maximum Gasteiger partial charge on any atom is 0.286 e. The number of nitrogens with two attached hydrogens (primary N) is 1. The number of likely N-dealkylation sites (N-methyl/N-ethyl adjacent to an activating group) is 1. The standard InChI is InChI=1S/C24H36FN7O/c1-16(2)8-9-18(12-17-14-28-21-7-5-4-6-20(17)21)29-23(33)22(26)30-24(27)32-11-10-31(3)19(13-25)15-32/h4-7,14,16,18-19,28H,8-13,15H2,1-3H3,(H,29,33)(H3,26,27,30). The van der Waals surface area contributed by atoms with Crippen molar-refractivity contribution in [1.82, 2.24) is 20.1 Å². The number of aromatic nitrogens is 1. The molecule has 0 spiro atoms. The number of hydrogen-bond donors (Lipinski definition) is 4. The summed E-state index contributed by atoms with van der Waals surface area (Å²) in [7, 11) is 1.86. The number of hydrogen-bond acceptors (Lipinski definition) is 3. The number of alkyl halides is 1. The number of fused-ring (bicyclic) bond motifs is 1. The SMILES string of the molecule is CC(C)CCC(Cc1c[nH]c2ccccc12)NC(=O)C(N)=NC(=N)N1CCN(C)C(CF)C1. The van der Waals surface area contributed by atoms with Gasteiger partial charge >= 0.3 is 0 Å². The van der Waals surface area contributed by atoms with Crippen molar-refractivity contribution in [3.63, 3.8) is 0 Å². The van der Waals surface area contributed by atoms with Crippen LogP contribution in [0.3, 0.4) is 0 Å². The lowest BCUT2D eigenvalue weighted by atomic mass is 9.97. The Kier molecular flexibility index (Phi) is 8.43. The van der Waals surface area contributed by atoms with Gasteiger partial charge in [-0.25, -0.2) is 4.39 Å². The largest absolute Gasteiger partial charge is 0.379 e. The average Bonchev–Trinajstić information content (AvgIpc) is 3.20. The molecule has 0 radical (unpaired) electrons. The Balaban J connectivity index is 1.67. The molecule has 0 bridgehead atoms. The number of amidine groups is 1. The molecular weight excluding hydrogens is 421 g/mol. The van der Waals surface area contributed by atoms with Gasteiger partial charge in [0.15, 0.2) is 5.84 Å². The number of nitrogens with zero attached hydrogens (tertiary/aromatic N) is 3. The lowest BCUT2D eigenvalue weighted by Gasteiger charge is -2.38. The number of piperazine rings is 1. The highest BCUT2D eigenvalue weighted by Gasteiger charge is 2.26. The number of aliphatic imine (C=N–C) groups is 1. The molecule has 0 aliphatic carbocycles. The van der Waals surface area contributed by atoms with Crippen molar-refractivity contribution in [3.05, 3.63) is 36.0 Å². The van der Waals surface area contributed by atoms with Crippen molar-refractivity contribution < 1.29 is 9.18 Å². The quantitative estimate of drug-likeness (QED) is 0.378. The lowest BCUT2D eigenvalue weighted by Crippen LogP contribution is -2.54. The molecule has 1 fully saturated rings. The minimum absolute atomic E-state index is 0.107. The highest BCUT2D eigenvalue weighted by Crippen LogP contribution is 2.21. The molecule has 8 nitrogen and oxygen atoms in total. The minimum Gasteiger partial charge on any atom is -0.379 e. The molecule has 1 aromatic carbocycles. The highest BCUT2D eigenvalue weighted by atomic mass is 19.1. The van der Waals surface area contributed by atoms with Crippen LogP contribution in [-0.2, 0) is 11.2 Å². The Morgan fingerprint density at radius 3 is 2.82 bits per heavy atom. The fourth-order valence-electron chi connectivity index (χ4n) is 4.13. The number of rotatable bonds is 7. The van der Waals surface area contributed by atoms with Gasteiger partial charge in [0, 0.05) is 42.8 Å². The first kappa shape index (κ1) is 24.7. The molecule has 2 heterocycles. The van der Waals surface area contributed by atoms with Crippen LogP contribution in [0.25, 0.3) is 10.9 Å². The summed E-state index contributed by atoms with van der Waals surface area (Å²) < 4.78 is 13.2. The number of guanidine groups is 1. The van der Waals surface area contributed by atoms with Gasteiger partial charge < -0.3 is 20.9 Å². The van der Waals surface area contributed by atoms with Crippen LogP contribution in [0.1, 0.15) is 32.3 Å². The third-order valence-corrected chi connectivity index (χ3v) is 6.28. The van der Waals surface area contributed by atoms with Crippen LogP contribution in [0.15, 0.2) is 35.5 Å². The third kappa shape index (κ3) is 6.54. The number of H-pyrrole nitrogens is 1. The molecule has 2 aromatic rings. The predicted octanol–water partition coefficient (Wildman–Crippen LogP) is 2.51. The summed E-state index contributed by atoms with van der Waals surface area (Å²) in [6, 6.07) is 7.69. The Labute approximate surface area is 194 Å². The molecule has 33 heavy (non-hydrogen) atoms. The molecule has 2 unspecified atom stereocenters. The molecule has 2 atom stereocenters. The van der Waals surface area contributed by atoms with Gasteiger partial charge in [-0.2, -0.15) is 4.99 Å². The summed E-state index contributed by atoms with van der Waals surface area (Å²) in [5.74, 6) is -0.328. The second kappa shape index (κ2) is 11.3. The normalized spacial score (nSPS) is 18.6. The van der Waals surface area contributed by atoms with Gasteiger partial charge in [0.25, 0.3) is 5.91 Å². The van der Waals surface area contributed by atoms with E-state index < -0.39 is 12.6 Å². The predicted molar refractivity (Wildman–Crippen MR) is 131 cm³/mol. The molecule has 3 rings (SSSR count). The van der Waals surface area contributed by atoms with Crippen LogP contribution in [0, 0.1) is 11.3 Å². The van der Waals surface area contributed by atoms with Gasteiger partial charge in [-0.3, -0.25) is 15.1 Å². The van der Waals surface area contributed by atoms with Gasteiger partial charge in [0.1, 0.15) is 6.67 Å². The molecule has 180 valence electrons. The fourth-order valence-corrected chi connectivity index (χ4v) is 4.13. The van der Waals surface area contributed by atoms with Crippen molar-refractivity contribution in [3.8, 4) is 0 Å². The molecule has 1 aliphatic heterocycles. The van der Waals surface area contributed by atoms with Gasteiger partial charge in [-0.15, -0.1) is 0 Å². The van der Waals surface area contributed by atoms with Gasteiger partial charge in [0.2, 0.25) is 5.96 Å².